The molecule has 10 heteroatoms. The number of rotatable bonds is 7. The monoisotopic (exact) mass is 504 g/mol. The van der Waals surface area contributed by atoms with Crippen LogP contribution in [-0.2, 0) is 9.59 Å². The Morgan fingerprint density at radius 1 is 1.09 bits per heavy atom. The molecule has 2 heterocycles. The van der Waals surface area contributed by atoms with Gasteiger partial charge in [0.05, 0.1) is 15.9 Å². The number of thioether (sulfide) groups is 1. The van der Waals surface area contributed by atoms with Crippen LogP contribution < -0.4 is 9.80 Å². The smallest absolute Gasteiger partial charge is 0.260 e. The van der Waals surface area contributed by atoms with Gasteiger partial charge in [0.25, 0.3) is 5.91 Å². The topological polar surface area (TPSA) is 73.8 Å². The highest BCUT2D eigenvalue weighted by Gasteiger charge is 2.31. The first kappa shape index (κ1) is 25.2. The van der Waals surface area contributed by atoms with Crippen molar-refractivity contribution in [3.8, 4) is 0 Å². The van der Waals surface area contributed by atoms with Crippen LogP contribution in [0.3, 0.4) is 0 Å². The number of likely N-dealkylation sites (N-methyl/N-ethyl adjacent to an activating group) is 1. The van der Waals surface area contributed by atoms with Crippen LogP contribution in [0.15, 0.2) is 47.4 Å². The van der Waals surface area contributed by atoms with Crippen molar-refractivity contribution in [3.05, 3.63) is 48.0 Å². The molecule has 0 radical (unpaired) electrons. The number of halogens is 1. The van der Waals surface area contributed by atoms with Gasteiger partial charge in [0, 0.05) is 36.4 Å². The molecule has 0 N–H and O–H groups in total. The maximum atomic E-state index is 13.6. The quantitative estimate of drug-likeness (QED) is 0.353. The molecule has 3 aromatic rings. The third-order valence-corrected chi connectivity index (χ3v) is 7.05. The normalized spacial score (nSPS) is 13.6. The van der Waals surface area contributed by atoms with Crippen molar-refractivity contribution >= 4 is 74.3 Å². The van der Waals surface area contributed by atoms with Crippen molar-refractivity contribution in [2.24, 2.45) is 0 Å². The zero-order chi connectivity index (χ0) is 22.8. The fourth-order valence-corrected chi connectivity index (χ4v) is 5.22. The molecule has 0 atom stereocenters. The summed E-state index contributed by atoms with van der Waals surface area (Å²) in [6.07, 6.45) is 2.42. The van der Waals surface area contributed by atoms with Gasteiger partial charge in [-0.3, -0.25) is 24.2 Å². The number of nitrogens with zero attached hydrogens (tertiary/aromatic N) is 4. The van der Waals surface area contributed by atoms with Gasteiger partial charge in [0.2, 0.25) is 11.8 Å². The molecule has 4 rings (SSSR count). The third-order valence-electron chi connectivity index (χ3n) is 5.24. The number of carbonyl (C=O) groups is 3. The number of imide groups is 1. The Hall–Kier alpha value is -2.46. The Balaban J connectivity index is 0.00000306. The Kier molecular flexibility index (Phi) is 8.12. The number of para-hydroxylation sites is 1. The van der Waals surface area contributed by atoms with Crippen LogP contribution in [-0.4, -0.2) is 61.0 Å². The number of aromatic nitrogens is 1. The molecule has 1 saturated heterocycles. The van der Waals surface area contributed by atoms with Crippen LogP contribution in [0.25, 0.3) is 10.2 Å². The van der Waals surface area contributed by atoms with E-state index in [1.807, 2.05) is 43.5 Å². The number of benzene rings is 2. The molecule has 33 heavy (non-hydrogen) atoms. The molecule has 7 nitrogen and oxygen atoms in total. The summed E-state index contributed by atoms with van der Waals surface area (Å²) < 4.78 is 1.02. The largest absolute Gasteiger partial charge is 0.308 e. The number of thiazole rings is 1. The number of carbonyl (C=O) groups excluding carboxylic acids is 3. The van der Waals surface area contributed by atoms with Crippen LogP contribution in [0.4, 0.5) is 10.8 Å². The lowest BCUT2D eigenvalue weighted by Gasteiger charge is -2.23. The summed E-state index contributed by atoms with van der Waals surface area (Å²) >= 11 is 3.11. The van der Waals surface area contributed by atoms with E-state index in [1.54, 1.807) is 40.9 Å². The molecule has 0 spiro atoms. The number of hydrogen-bond acceptors (Lipinski definition) is 7. The van der Waals surface area contributed by atoms with Gasteiger partial charge >= 0.3 is 0 Å². The van der Waals surface area contributed by atoms with E-state index in [0.29, 0.717) is 29.5 Å². The minimum Gasteiger partial charge on any atom is -0.308 e. The van der Waals surface area contributed by atoms with Gasteiger partial charge < -0.3 is 4.90 Å². The minimum atomic E-state index is -0.236. The van der Waals surface area contributed by atoms with E-state index in [-0.39, 0.29) is 43.0 Å². The highest BCUT2D eigenvalue weighted by molar-refractivity contribution is 7.98. The lowest BCUT2D eigenvalue weighted by atomic mass is 10.1. The molecule has 1 aliphatic heterocycles. The molecule has 2 aromatic carbocycles. The van der Waals surface area contributed by atoms with E-state index >= 15 is 0 Å². The summed E-state index contributed by atoms with van der Waals surface area (Å²) in [5.74, 6) is -0.683. The van der Waals surface area contributed by atoms with Gasteiger partial charge in [-0.05, 0) is 50.7 Å². The second-order valence-electron chi connectivity index (χ2n) is 7.74. The van der Waals surface area contributed by atoms with Crippen molar-refractivity contribution in [2.45, 2.75) is 17.7 Å². The van der Waals surface area contributed by atoms with Crippen molar-refractivity contribution < 1.29 is 14.4 Å². The Morgan fingerprint density at radius 2 is 1.79 bits per heavy atom. The molecular weight excluding hydrogens is 480 g/mol. The molecule has 0 unspecified atom stereocenters. The van der Waals surface area contributed by atoms with Gasteiger partial charge in [-0.25, -0.2) is 4.98 Å². The minimum absolute atomic E-state index is 0. The van der Waals surface area contributed by atoms with Gasteiger partial charge in [0.15, 0.2) is 5.13 Å². The van der Waals surface area contributed by atoms with E-state index in [9.17, 15) is 14.4 Å². The SMILES string of the molecule is CSc1cccc2sc(N(CCN(C)C)C(=O)c3cccc(N4C(=O)CCC4=O)c3)nc12.Cl. The summed E-state index contributed by atoms with van der Waals surface area (Å²) in [4.78, 5) is 48.6. The second-order valence-corrected chi connectivity index (χ2v) is 9.59. The zero-order valence-corrected chi connectivity index (χ0v) is 21.1. The highest BCUT2D eigenvalue weighted by atomic mass is 35.5. The molecule has 1 aliphatic rings. The van der Waals surface area contributed by atoms with E-state index in [0.717, 1.165) is 15.1 Å². The maximum Gasteiger partial charge on any atom is 0.260 e. The molecular formula is C23H25ClN4O3S2. The maximum absolute atomic E-state index is 13.6. The zero-order valence-electron chi connectivity index (χ0n) is 18.6. The van der Waals surface area contributed by atoms with E-state index in [2.05, 4.69) is 0 Å². The Labute approximate surface area is 207 Å². The first-order valence-electron chi connectivity index (χ1n) is 10.2. The van der Waals surface area contributed by atoms with E-state index in [1.165, 1.54) is 16.2 Å². The Morgan fingerprint density at radius 3 is 2.45 bits per heavy atom. The van der Waals surface area contributed by atoms with Crippen molar-refractivity contribution in [1.29, 1.82) is 0 Å². The lowest BCUT2D eigenvalue weighted by Crippen LogP contribution is -2.37. The molecule has 1 fully saturated rings. The van der Waals surface area contributed by atoms with Crippen LogP contribution in [0.2, 0.25) is 0 Å². The van der Waals surface area contributed by atoms with Crippen molar-refractivity contribution in [3.63, 3.8) is 0 Å². The van der Waals surface area contributed by atoms with E-state index in [4.69, 9.17) is 4.98 Å². The summed E-state index contributed by atoms with van der Waals surface area (Å²) in [7, 11) is 3.91. The Bertz CT molecular complexity index is 1180. The first-order valence-corrected chi connectivity index (χ1v) is 12.3. The van der Waals surface area contributed by atoms with Gasteiger partial charge in [-0.1, -0.05) is 23.5 Å². The first-order chi connectivity index (χ1) is 15.4. The van der Waals surface area contributed by atoms with Gasteiger partial charge in [-0.15, -0.1) is 24.2 Å². The lowest BCUT2D eigenvalue weighted by molar-refractivity contribution is -0.121. The predicted octanol–water partition coefficient (Wildman–Crippen LogP) is 4.30. The molecule has 0 bridgehead atoms. The van der Waals surface area contributed by atoms with E-state index < -0.39 is 0 Å². The summed E-state index contributed by atoms with van der Waals surface area (Å²) in [5.41, 5.74) is 1.74. The van der Waals surface area contributed by atoms with Gasteiger partial charge in [0.1, 0.15) is 0 Å². The summed E-state index contributed by atoms with van der Waals surface area (Å²) in [5, 5.41) is 0.632. The summed E-state index contributed by atoms with van der Waals surface area (Å²) in [6.45, 7) is 1.13. The fourth-order valence-electron chi connectivity index (χ4n) is 3.57. The van der Waals surface area contributed by atoms with Crippen molar-refractivity contribution in [1.82, 2.24) is 9.88 Å². The van der Waals surface area contributed by atoms with Crippen molar-refractivity contribution in [2.75, 3.05) is 43.2 Å². The predicted molar refractivity (Wildman–Crippen MR) is 137 cm³/mol. The summed E-state index contributed by atoms with van der Waals surface area (Å²) in [6, 6.07) is 12.7. The molecule has 1 aromatic heterocycles. The number of fused-ring (bicyclic) bond motifs is 1. The fraction of sp³-hybridized carbons (Fsp3) is 0.304. The molecule has 3 amide bonds. The second kappa shape index (κ2) is 10.6. The van der Waals surface area contributed by atoms with Crippen LogP contribution in [0.5, 0.6) is 0 Å². The number of anilines is 2. The average Bonchev–Trinajstić information content (AvgIpc) is 3.36. The van der Waals surface area contributed by atoms with Gasteiger partial charge in [-0.2, -0.15) is 0 Å². The molecule has 0 saturated carbocycles. The van der Waals surface area contributed by atoms with Crippen LogP contribution >= 0.6 is 35.5 Å². The molecule has 174 valence electrons. The average molecular weight is 505 g/mol. The van der Waals surface area contributed by atoms with Crippen LogP contribution in [0, 0.1) is 0 Å². The third kappa shape index (κ3) is 5.22. The number of amides is 3. The number of hydrogen-bond donors (Lipinski definition) is 0. The molecule has 0 aliphatic carbocycles. The standard InChI is InChI=1S/C23H24N4O3S2.ClH/c1-25(2)12-13-26(23-24-21-17(31-3)8-5-9-18(21)32-23)22(30)15-6-4-7-16(14-15)27-19(28)10-11-20(27)29;/h4-9,14H,10-13H2,1-3H3;1H. The highest BCUT2D eigenvalue weighted by Crippen LogP contribution is 2.35. The van der Waals surface area contributed by atoms with Crippen LogP contribution in [0.1, 0.15) is 23.2 Å².